The highest BCUT2D eigenvalue weighted by molar-refractivity contribution is 6.00. The van der Waals surface area contributed by atoms with Gasteiger partial charge in [0.1, 0.15) is 0 Å². The lowest BCUT2D eigenvalue weighted by Crippen LogP contribution is -2.55. The van der Waals surface area contributed by atoms with Gasteiger partial charge in [0.05, 0.1) is 5.54 Å². The minimum Gasteiger partial charge on any atom is -0.409 e. The molecule has 0 heterocycles. The lowest BCUT2D eigenvalue weighted by molar-refractivity contribution is 0.0923. The van der Waals surface area contributed by atoms with Crippen LogP contribution in [0.4, 0.5) is 13.2 Å². The third-order valence-corrected chi connectivity index (χ3v) is 3.02. The van der Waals surface area contributed by atoms with Crippen molar-refractivity contribution >= 4 is 11.7 Å². The average molecular weight is 289 g/mol. The van der Waals surface area contributed by atoms with E-state index in [-0.39, 0.29) is 12.3 Å². The molecule has 0 aliphatic carbocycles. The van der Waals surface area contributed by atoms with Crippen molar-refractivity contribution in [2.45, 2.75) is 25.8 Å². The van der Waals surface area contributed by atoms with Crippen LogP contribution in [-0.2, 0) is 0 Å². The molecule has 0 aliphatic heterocycles. The minimum atomic E-state index is -1.66. The maximum absolute atomic E-state index is 13.1. The van der Waals surface area contributed by atoms with Crippen molar-refractivity contribution in [3.63, 3.8) is 0 Å². The van der Waals surface area contributed by atoms with Crippen molar-refractivity contribution in [2.24, 2.45) is 10.9 Å². The maximum atomic E-state index is 13.1. The quantitative estimate of drug-likeness (QED) is 0.259. The molecule has 0 spiro atoms. The number of hydrogen-bond acceptors (Lipinski definition) is 3. The Labute approximate surface area is 113 Å². The van der Waals surface area contributed by atoms with Gasteiger partial charge in [0, 0.05) is 5.56 Å². The fourth-order valence-corrected chi connectivity index (χ4v) is 1.45. The Hall–Kier alpha value is -2.25. The Morgan fingerprint density at radius 1 is 1.40 bits per heavy atom. The first-order valence-electron chi connectivity index (χ1n) is 5.70. The second-order valence-electron chi connectivity index (χ2n) is 4.38. The summed E-state index contributed by atoms with van der Waals surface area (Å²) >= 11 is 0. The predicted molar refractivity (Wildman–Crippen MR) is 65.9 cm³/mol. The summed E-state index contributed by atoms with van der Waals surface area (Å²) in [4.78, 5) is 11.9. The number of nitrogens with two attached hydrogens (primary N) is 1. The van der Waals surface area contributed by atoms with Gasteiger partial charge in [0.15, 0.2) is 23.3 Å². The van der Waals surface area contributed by atoms with Crippen LogP contribution in [-0.4, -0.2) is 22.5 Å². The third-order valence-electron chi connectivity index (χ3n) is 3.02. The Bertz CT molecular complexity index is 540. The van der Waals surface area contributed by atoms with E-state index in [1.165, 1.54) is 6.92 Å². The van der Waals surface area contributed by atoms with Gasteiger partial charge in [-0.2, -0.15) is 0 Å². The number of benzene rings is 1. The summed E-state index contributed by atoms with van der Waals surface area (Å²) < 4.78 is 38.9. The van der Waals surface area contributed by atoms with Crippen LogP contribution < -0.4 is 11.1 Å². The van der Waals surface area contributed by atoms with Crippen molar-refractivity contribution in [1.29, 1.82) is 0 Å². The van der Waals surface area contributed by atoms with E-state index in [9.17, 15) is 18.0 Å². The molecule has 0 bridgehead atoms. The van der Waals surface area contributed by atoms with Gasteiger partial charge >= 0.3 is 0 Å². The molecule has 20 heavy (non-hydrogen) atoms. The van der Waals surface area contributed by atoms with E-state index in [4.69, 9.17) is 10.9 Å². The zero-order valence-corrected chi connectivity index (χ0v) is 10.9. The van der Waals surface area contributed by atoms with Gasteiger partial charge in [-0.25, -0.2) is 13.2 Å². The van der Waals surface area contributed by atoms with Crippen LogP contribution in [0, 0.1) is 17.5 Å². The molecule has 0 saturated heterocycles. The SMILES string of the molecule is CCC(C)(NC(=O)c1cc(F)c(F)c(F)c1)C(N)=NO. The smallest absolute Gasteiger partial charge is 0.252 e. The molecule has 1 aromatic carbocycles. The first kappa shape index (κ1) is 15.8. The summed E-state index contributed by atoms with van der Waals surface area (Å²) in [5, 5.41) is 13.8. The number of rotatable bonds is 4. The molecule has 4 N–H and O–H groups in total. The van der Waals surface area contributed by atoms with Gasteiger partial charge in [-0.15, -0.1) is 0 Å². The van der Waals surface area contributed by atoms with Crippen LogP contribution >= 0.6 is 0 Å². The number of carbonyl (C=O) groups excluding carboxylic acids is 1. The van der Waals surface area contributed by atoms with E-state index in [0.29, 0.717) is 12.1 Å². The van der Waals surface area contributed by atoms with Crippen LogP contribution in [0.2, 0.25) is 0 Å². The Morgan fingerprint density at radius 2 is 1.90 bits per heavy atom. The minimum absolute atomic E-state index is 0.265. The van der Waals surface area contributed by atoms with Crippen LogP contribution in [0.3, 0.4) is 0 Å². The summed E-state index contributed by atoms with van der Waals surface area (Å²) in [5.74, 6) is -5.75. The number of amidine groups is 1. The number of carbonyl (C=O) groups is 1. The summed E-state index contributed by atoms with van der Waals surface area (Å²) in [6, 6.07) is 1.13. The summed E-state index contributed by atoms with van der Waals surface area (Å²) in [6.45, 7) is 3.13. The standard InChI is InChI=1S/C12H14F3N3O2/c1-3-12(2,11(16)18-20)17-10(19)6-4-7(13)9(15)8(14)5-6/h4-5,20H,3H2,1-2H3,(H2,16,18)(H,17,19). The molecule has 0 aliphatic rings. The highest BCUT2D eigenvalue weighted by Crippen LogP contribution is 2.16. The third kappa shape index (κ3) is 3.01. The van der Waals surface area contributed by atoms with E-state index in [0.717, 1.165) is 0 Å². The molecular weight excluding hydrogens is 275 g/mol. The summed E-state index contributed by atoms with van der Waals surface area (Å²) in [6.07, 6.45) is 0.265. The molecule has 0 fully saturated rings. The largest absolute Gasteiger partial charge is 0.409 e. The molecule has 1 atom stereocenters. The van der Waals surface area contributed by atoms with E-state index in [2.05, 4.69) is 10.5 Å². The molecule has 0 saturated carbocycles. The Balaban J connectivity index is 3.08. The zero-order valence-electron chi connectivity index (χ0n) is 10.9. The first-order chi connectivity index (χ1) is 9.25. The lowest BCUT2D eigenvalue weighted by Gasteiger charge is -2.28. The number of amides is 1. The maximum Gasteiger partial charge on any atom is 0.252 e. The van der Waals surface area contributed by atoms with Crippen molar-refractivity contribution in [2.75, 3.05) is 0 Å². The van der Waals surface area contributed by atoms with Gasteiger partial charge in [-0.1, -0.05) is 12.1 Å². The molecule has 0 radical (unpaired) electrons. The van der Waals surface area contributed by atoms with Gasteiger partial charge in [0.25, 0.3) is 5.91 Å². The van der Waals surface area contributed by atoms with Crippen LogP contribution in [0.1, 0.15) is 30.6 Å². The van der Waals surface area contributed by atoms with Gasteiger partial charge in [-0.3, -0.25) is 4.79 Å². The fraction of sp³-hybridized carbons (Fsp3) is 0.333. The number of halogens is 3. The summed E-state index contributed by atoms with van der Waals surface area (Å²) in [5.41, 5.74) is 3.84. The number of nitrogens with one attached hydrogen (secondary N) is 1. The van der Waals surface area contributed by atoms with Crippen LogP contribution in [0.5, 0.6) is 0 Å². The predicted octanol–water partition coefficient (Wildman–Crippen LogP) is 1.75. The van der Waals surface area contributed by atoms with Gasteiger partial charge < -0.3 is 16.3 Å². The van der Waals surface area contributed by atoms with E-state index in [1.54, 1.807) is 6.92 Å². The molecule has 1 amide bonds. The first-order valence-corrected chi connectivity index (χ1v) is 5.70. The molecule has 1 unspecified atom stereocenters. The topological polar surface area (TPSA) is 87.7 Å². The highest BCUT2D eigenvalue weighted by Gasteiger charge is 2.30. The van der Waals surface area contributed by atoms with Crippen LogP contribution in [0.15, 0.2) is 17.3 Å². The second kappa shape index (κ2) is 5.81. The number of nitrogens with zero attached hydrogens (tertiary/aromatic N) is 1. The molecule has 110 valence electrons. The zero-order chi connectivity index (χ0) is 15.5. The molecule has 5 nitrogen and oxygen atoms in total. The average Bonchev–Trinajstić information content (AvgIpc) is 2.42. The van der Waals surface area contributed by atoms with Crippen LogP contribution in [0.25, 0.3) is 0 Å². The van der Waals surface area contributed by atoms with E-state index >= 15 is 0 Å². The van der Waals surface area contributed by atoms with Gasteiger partial charge in [0.2, 0.25) is 0 Å². The van der Waals surface area contributed by atoms with Crippen molar-refractivity contribution in [3.05, 3.63) is 35.1 Å². The van der Waals surface area contributed by atoms with Crippen molar-refractivity contribution in [3.8, 4) is 0 Å². The summed E-state index contributed by atoms with van der Waals surface area (Å²) in [7, 11) is 0. The molecule has 1 rings (SSSR count). The second-order valence-corrected chi connectivity index (χ2v) is 4.38. The Morgan fingerprint density at radius 3 is 2.30 bits per heavy atom. The lowest BCUT2D eigenvalue weighted by atomic mass is 9.97. The van der Waals surface area contributed by atoms with E-state index in [1.807, 2.05) is 0 Å². The number of hydrogen-bond donors (Lipinski definition) is 3. The normalized spacial score (nSPS) is 14.8. The Kier molecular flexibility index (Phi) is 4.59. The molecular formula is C12H14F3N3O2. The van der Waals surface area contributed by atoms with Gasteiger partial charge in [-0.05, 0) is 25.5 Å². The van der Waals surface area contributed by atoms with Crippen molar-refractivity contribution in [1.82, 2.24) is 5.32 Å². The molecule has 8 heteroatoms. The van der Waals surface area contributed by atoms with E-state index < -0.39 is 34.5 Å². The monoisotopic (exact) mass is 289 g/mol. The number of oxime groups is 1. The fourth-order valence-electron chi connectivity index (χ4n) is 1.45. The highest BCUT2D eigenvalue weighted by atomic mass is 19.2. The molecule has 0 aromatic heterocycles. The molecule has 1 aromatic rings. The van der Waals surface area contributed by atoms with Crippen molar-refractivity contribution < 1.29 is 23.2 Å².